The van der Waals surface area contributed by atoms with Crippen LogP contribution in [-0.2, 0) is 12.4 Å². The van der Waals surface area contributed by atoms with E-state index in [1.807, 2.05) is 13.0 Å². The van der Waals surface area contributed by atoms with Gasteiger partial charge in [0.05, 0.1) is 5.88 Å². The molecular weight excluding hydrogens is 280 g/mol. The maximum absolute atomic E-state index is 6.17. The van der Waals surface area contributed by atoms with Gasteiger partial charge < -0.3 is 4.90 Å². The van der Waals surface area contributed by atoms with E-state index in [9.17, 15) is 0 Å². The van der Waals surface area contributed by atoms with Crippen molar-refractivity contribution in [2.45, 2.75) is 46.2 Å². The van der Waals surface area contributed by atoms with Crippen molar-refractivity contribution in [2.75, 3.05) is 4.90 Å². The number of pyridine rings is 1. The number of aryl methyl sites for hydroxylation is 2. The molecule has 0 fully saturated rings. The number of nitrogens with zero attached hydrogens (tertiary/aromatic N) is 2. The van der Waals surface area contributed by atoms with Crippen molar-refractivity contribution in [1.82, 2.24) is 4.98 Å². The van der Waals surface area contributed by atoms with E-state index in [0.717, 1.165) is 23.6 Å². The van der Waals surface area contributed by atoms with Gasteiger partial charge in [0, 0.05) is 23.8 Å². The SMILES string of the molecule is Cc1cc(C)c(CCl)c(N(Cc2ccccc2)C(C)C)n1. The molecule has 21 heavy (non-hydrogen) atoms. The van der Waals surface area contributed by atoms with E-state index in [0.29, 0.717) is 11.9 Å². The quantitative estimate of drug-likeness (QED) is 0.734. The molecule has 0 amide bonds. The number of alkyl halides is 1. The number of aromatic nitrogens is 1. The summed E-state index contributed by atoms with van der Waals surface area (Å²) in [6, 6.07) is 13.0. The first-order valence-corrected chi connectivity index (χ1v) is 7.90. The van der Waals surface area contributed by atoms with Gasteiger partial charge in [0.15, 0.2) is 0 Å². The summed E-state index contributed by atoms with van der Waals surface area (Å²) in [6.45, 7) is 9.38. The van der Waals surface area contributed by atoms with Crippen LogP contribution in [0.4, 0.5) is 5.82 Å². The highest BCUT2D eigenvalue weighted by molar-refractivity contribution is 6.17. The Hall–Kier alpha value is -1.54. The fourth-order valence-corrected chi connectivity index (χ4v) is 2.86. The molecule has 2 nitrogen and oxygen atoms in total. The molecular formula is C18H23ClN2. The summed E-state index contributed by atoms with van der Waals surface area (Å²) in [5.74, 6) is 1.51. The second-order valence-corrected chi connectivity index (χ2v) is 5.99. The summed E-state index contributed by atoms with van der Waals surface area (Å²) in [5, 5.41) is 0. The Labute approximate surface area is 132 Å². The minimum absolute atomic E-state index is 0.362. The molecule has 1 heterocycles. The van der Waals surface area contributed by atoms with Gasteiger partial charge in [-0.2, -0.15) is 0 Å². The van der Waals surface area contributed by atoms with Gasteiger partial charge in [-0.3, -0.25) is 0 Å². The molecule has 2 rings (SSSR count). The van der Waals surface area contributed by atoms with Gasteiger partial charge in [0.2, 0.25) is 0 Å². The molecule has 0 saturated carbocycles. The van der Waals surface area contributed by atoms with Crippen LogP contribution in [0.1, 0.15) is 36.2 Å². The van der Waals surface area contributed by atoms with Crippen molar-refractivity contribution >= 4 is 17.4 Å². The van der Waals surface area contributed by atoms with E-state index in [2.05, 4.69) is 56.0 Å². The fourth-order valence-electron chi connectivity index (χ4n) is 2.53. The zero-order valence-electron chi connectivity index (χ0n) is 13.2. The summed E-state index contributed by atoms with van der Waals surface area (Å²) in [6.07, 6.45) is 0. The molecule has 3 heteroatoms. The van der Waals surface area contributed by atoms with Crippen molar-refractivity contribution in [3.8, 4) is 0 Å². The van der Waals surface area contributed by atoms with Crippen LogP contribution < -0.4 is 4.90 Å². The van der Waals surface area contributed by atoms with Gasteiger partial charge in [-0.15, -0.1) is 11.6 Å². The van der Waals surface area contributed by atoms with Crippen LogP contribution >= 0.6 is 11.6 Å². The highest BCUT2D eigenvalue weighted by Gasteiger charge is 2.18. The molecule has 0 bridgehead atoms. The summed E-state index contributed by atoms with van der Waals surface area (Å²) in [7, 11) is 0. The largest absolute Gasteiger partial charge is 0.350 e. The van der Waals surface area contributed by atoms with Gasteiger partial charge in [-0.25, -0.2) is 4.98 Å². The van der Waals surface area contributed by atoms with Crippen molar-refractivity contribution in [2.24, 2.45) is 0 Å². The molecule has 1 aromatic carbocycles. The second kappa shape index (κ2) is 6.95. The molecule has 2 aromatic rings. The first-order valence-electron chi connectivity index (χ1n) is 7.36. The molecule has 0 N–H and O–H groups in total. The van der Waals surface area contributed by atoms with Crippen LogP contribution in [0.15, 0.2) is 36.4 Å². The fraction of sp³-hybridized carbons (Fsp3) is 0.389. The summed E-state index contributed by atoms with van der Waals surface area (Å²) in [4.78, 5) is 7.09. The first kappa shape index (κ1) is 15.8. The molecule has 112 valence electrons. The molecule has 0 aliphatic heterocycles. The van der Waals surface area contributed by atoms with Crippen LogP contribution in [0.25, 0.3) is 0 Å². The monoisotopic (exact) mass is 302 g/mol. The summed E-state index contributed by atoms with van der Waals surface area (Å²) >= 11 is 6.17. The number of hydrogen-bond acceptors (Lipinski definition) is 2. The number of anilines is 1. The van der Waals surface area contributed by atoms with Gasteiger partial charge in [-0.1, -0.05) is 30.3 Å². The van der Waals surface area contributed by atoms with Gasteiger partial charge in [0.25, 0.3) is 0 Å². The lowest BCUT2D eigenvalue weighted by Gasteiger charge is -2.30. The maximum atomic E-state index is 6.17. The summed E-state index contributed by atoms with van der Waals surface area (Å²) < 4.78 is 0. The van der Waals surface area contributed by atoms with E-state index < -0.39 is 0 Å². The minimum atomic E-state index is 0.362. The molecule has 0 radical (unpaired) electrons. The number of halogens is 1. The Morgan fingerprint density at radius 1 is 1.14 bits per heavy atom. The normalized spacial score (nSPS) is 11.0. The van der Waals surface area contributed by atoms with Crippen molar-refractivity contribution in [1.29, 1.82) is 0 Å². The average Bonchev–Trinajstić information content (AvgIpc) is 2.45. The van der Waals surface area contributed by atoms with Crippen LogP contribution in [0.5, 0.6) is 0 Å². The molecule has 0 saturated heterocycles. The molecule has 0 aliphatic carbocycles. The Balaban J connectivity index is 2.43. The van der Waals surface area contributed by atoms with Crippen LogP contribution in [0, 0.1) is 13.8 Å². The number of rotatable bonds is 5. The van der Waals surface area contributed by atoms with Crippen molar-refractivity contribution in [3.05, 3.63) is 58.8 Å². The van der Waals surface area contributed by atoms with Crippen LogP contribution in [0.3, 0.4) is 0 Å². The van der Waals surface area contributed by atoms with E-state index in [4.69, 9.17) is 16.6 Å². The zero-order valence-corrected chi connectivity index (χ0v) is 14.0. The second-order valence-electron chi connectivity index (χ2n) is 5.72. The minimum Gasteiger partial charge on any atom is -0.350 e. The first-order chi connectivity index (χ1) is 10.0. The van der Waals surface area contributed by atoms with Gasteiger partial charge in [0.1, 0.15) is 5.82 Å². The lowest BCUT2D eigenvalue weighted by Crippen LogP contribution is -2.32. The topological polar surface area (TPSA) is 16.1 Å². The van der Waals surface area contributed by atoms with Crippen molar-refractivity contribution in [3.63, 3.8) is 0 Å². The molecule has 0 spiro atoms. The highest BCUT2D eigenvalue weighted by atomic mass is 35.5. The van der Waals surface area contributed by atoms with Gasteiger partial charge >= 0.3 is 0 Å². The Kier molecular flexibility index (Phi) is 5.24. The third-order valence-corrected chi connectivity index (χ3v) is 3.95. The average molecular weight is 303 g/mol. The van der Waals surface area contributed by atoms with Gasteiger partial charge in [-0.05, 0) is 44.9 Å². The molecule has 0 atom stereocenters. The van der Waals surface area contributed by atoms with E-state index in [1.54, 1.807) is 0 Å². The number of hydrogen-bond donors (Lipinski definition) is 0. The Bertz CT molecular complexity index is 594. The van der Waals surface area contributed by atoms with E-state index in [1.165, 1.54) is 11.1 Å². The third kappa shape index (κ3) is 3.76. The smallest absolute Gasteiger partial charge is 0.134 e. The lowest BCUT2D eigenvalue weighted by molar-refractivity contribution is 0.668. The molecule has 0 unspecified atom stereocenters. The summed E-state index contributed by atoms with van der Waals surface area (Å²) in [5.41, 5.74) is 4.67. The predicted octanol–water partition coefficient (Wildman–Crippen LogP) is 4.85. The highest BCUT2D eigenvalue weighted by Crippen LogP contribution is 2.27. The number of benzene rings is 1. The molecule has 1 aromatic heterocycles. The van der Waals surface area contributed by atoms with E-state index in [-0.39, 0.29) is 0 Å². The standard InChI is InChI=1S/C18H23ClN2/c1-13(2)21(12-16-8-6-5-7-9-16)18-17(11-19)14(3)10-15(4)20-18/h5-10,13H,11-12H2,1-4H3. The lowest BCUT2D eigenvalue weighted by atomic mass is 10.1. The van der Waals surface area contributed by atoms with E-state index >= 15 is 0 Å². The Morgan fingerprint density at radius 3 is 2.38 bits per heavy atom. The zero-order chi connectivity index (χ0) is 15.4. The van der Waals surface area contributed by atoms with Crippen molar-refractivity contribution < 1.29 is 0 Å². The van der Waals surface area contributed by atoms with Crippen LogP contribution in [0.2, 0.25) is 0 Å². The third-order valence-electron chi connectivity index (χ3n) is 3.68. The maximum Gasteiger partial charge on any atom is 0.134 e. The van der Waals surface area contributed by atoms with Crippen LogP contribution in [-0.4, -0.2) is 11.0 Å². The predicted molar refractivity (Wildman–Crippen MR) is 91.0 cm³/mol. The molecule has 0 aliphatic rings. The Morgan fingerprint density at radius 2 is 1.81 bits per heavy atom.